The molecule has 0 saturated heterocycles. The van der Waals surface area contributed by atoms with Crippen LogP contribution in [0.15, 0.2) is 83.8 Å². The Labute approximate surface area is 187 Å². The van der Waals surface area contributed by atoms with Crippen LogP contribution in [0.2, 0.25) is 5.02 Å². The van der Waals surface area contributed by atoms with E-state index >= 15 is 0 Å². The van der Waals surface area contributed by atoms with Crippen molar-refractivity contribution in [3.8, 4) is 5.75 Å². The number of ether oxygens (including phenoxy) is 1. The maximum atomic E-state index is 12.4. The summed E-state index contributed by atoms with van der Waals surface area (Å²) in [6.45, 7) is 1.88. The minimum Gasteiger partial charge on any atom is -0.484 e. The monoisotopic (exact) mass is 458 g/mol. The second-order valence-corrected chi connectivity index (χ2v) is 9.11. The molecule has 6 nitrogen and oxygen atoms in total. The maximum absolute atomic E-state index is 12.4. The fourth-order valence-electron chi connectivity index (χ4n) is 2.84. The highest BCUT2D eigenvalue weighted by molar-refractivity contribution is 7.89. The van der Waals surface area contributed by atoms with Gasteiger partial charge in [0.25, 0.3) is 5.91 Å². The van der Waals surface area contributed by atoms with E-state index in [1.165, 1.54) is 24.3 Å². The highest BCUT2D eigenvalue weighted by atomic mass is 35.5. The molecule has 0 spiro atoms. The molecule has 2 N–H and O–H groups in total. The molecular weight excluding hydrogens is 436 g/mol. The van der Waals surface area contributed by atoms with Crippen LogP contribution in [0.5, 0.6) is 5.75 Å². The molecule has 0 unspecified atom stereocenters. The number of carbonyl (C=O) groups is 1. The number of nitrogens with one attached hydrogen (secondary N) is 2. The van der Waals surface area contributed by atoms with Gasteiger partial charge in [0.05, 0.1) is 10.9 Å². The largest absolute Gasteiger partial charge is 0.484 e. The Bertz CT molecular complexity index is 1100. The third-order valence-electron chi connectivity index (χ3n) is 4.56. The van der Waals surface area contributed by atoms with Gasteiger partial charge < -0.3 is 10.1 Å². The average molecular weight is 459 g/mol. The van der Waals surface area contributed by atoms with E-state index in [9.17, 15) is 13.2 Å². The zero-order chi connectivity index (χ0) is 22.3. The van der Waals surface area contributed by atoms with Crippen LogP contribution in [0.25, 0.3) is 0 Å². The first-order valence-electron chi connectivity index (χ1n) is 9.65. The zero-order valence-electron chi connectivity index (χ0n) is 16.9. The van der Waals surface area contributed by atoms with Crippen LogP contribution >= 0.6 is 11.6 Å². The molecule has 8 heteroatoms. The van der Waals surface area contributed by atoms with E-state index in [2.05, 4.69) is 10.0 Å². The van der Waals surface area contributed by atoms with Gasteiger partial charge in [-0.3, -0.25) is 4.79 Å². The Morgan fingerprint density at radius 3 is 2.26 bits per heavy atom. The summed E-state index contributed by atoms with van der Waals surface area (Å²) in [5.74, 6) is 0.111. The number of halogens is 1. The van der Waals surface area contributed by atoms with E-state index in [0.29, 0.717) is 10.8 Å². The minimum absolute atomic E-state index is 0.122. The summed E-state index contributed by atoms with van der Waals surface area (Å²) in [6.07, 6.45) is 0. The second-order valence-electron chi connectivity index (χ2n) is 6.91. The molecule has 0 bridgehead atoms. The van der Waals surface area contributed by atoms with E-state index in [-0.39, 0.29) is 30.0 Å². The van der Waals surface area contributed by atoms with Crippen molar-refractivity contribution < 1.29 is 17.9 Å². The first-order valence-corrected chi connectivity index (χ1v) is 11.5. The molecule has 0 radical (unpaired) electrons. The van der Waals surface area contributed by atoms with Gasteiger partial charge in [-0.05, 0) is 54.4 Å². The van der Waals surface area contributed by atoms with Crippen molar-refractivity contribution >= 4 is 27.5 Å². The Morgan fingerprint density at radius 2 is 1.61 bits per heavy atom. The first kappa shape index (κ1) is 22.8. The summed E-state index contributed by atoms with van der Waals surface area (Å²) >= 11 is 5.88. The second kappa shape index (κ2) is 10.4. The summed E-state index contributed by atoms with van der Waals surface area (Å²) in [4.78, 5) is 12.3. The lowest BCUT2D eigenvalue weighted by Gasteiger charge is -2.15. The number of amides is 1. The van der Waals surface area contributed by atoms with Gasteiger partial charge >= 0.3 is 0 Å². The average Bonchev–Trinajstić information content (AvgIpc) is 2.78. The van der Waals surface area contributed by atoms with Crippen LogP contribution in [0.1, 0.15) is 24.1 Å². The van der Waals surface area contributed by atoms with Crippen LogP contribution in [0.3, 0.4) is 0 Å². The number of benzene rings is 3. The van der Waals surface area contributed by atoms with Crippen molar-refractivity contribution in [1.82, 2.24) is 10.0 Å². The van der Waals surface area contributed by atoms with Crippen LogP contribution < -0.4 is 14.8 Å². The molecule has 162 valence electrons. The van der Waals surface area contributed by atoms with Crippen molar-refractivity contribution in [1.29, 1.82) is 0 Å². The standard InChI is InChI=1S/C23H23ClN2O4S/c1-17(19-7-9-20(24)10-8-19)26-23(27)16-30-21-11-13-22(14-12-21)31(28,29)25-15-18-5-3-2-4-6-18/h2-14,17,25H,15-16H2,1H3,(H,26,27)/t17-/m0/s1. The molecule has 0 aliphatic carbocycles. The SMILES string of the molecule is C[C@H](NC(=O)COc1ccc(S(=O)(=O)NCc2ccccc2)cc1)c1ccc(Cl)cc1. The molecule has 3 aromatic rings. The number of rotatable bonds is 9. The molecule has 0 heterocycles. The third kappa shape index (κ3) is 6.82. The summed E-state index contributed by atoms with van der Waals surface area (Å²) in [6, 6.07) is 22.2. The maximum Gasteiger partial charge on any atom is 0.258 e. The number of sulfonamides is 1. The van der Waals surface area contributed by atoms with Crippen molar-refractivity contribution in [2.24, 2.45) is 0 Å². The fraction of sp³-hybridized carbons (Fsp3) is 0.174. The van der Waals surface area contributed by atoms with Crippen molar-refractivity contribution in [3.63, 3.8) is 0 Å². The van der Waals surface area contributed by atoms with Gasteiger partial charge in [-0.1, -0.05) is 54.1 Å². The number of hydrogen-bond acceptors (Lipinski definition) is 4. The number of hydrogen-bond donors (Lipinski definition) is 2. The molecule has 0 fully saturated rings. The highest BCUT2D eigenvalue weighted by Gasteiger charge is 2.14. The molecule has 1 atom stereocenters. The van der Waals surface area contributed by atoms with Crippen molar-refractivity contribution in [2.75, 3.05) is 6.61 Å². The van der Waals surface area contributed by atoms with Gasteiger partial charge in [0.2, 0.25) is 10.0 Å². The predicted octanol–water partition coefficient (Wildman–Crippen LogP) is 4.07. The van der Waals surface area contributed by atoms with E-state index < -0.39 is 10.0 Å². The zero-order valence-corrected chi connectivity index (χ0v) is 18.5. The van der Waals surface area contributed by atoms with E-state index in [1.54, 1.807) is 12.1 Å². The van der Waals surface area contributed by atoms with Crippen molar-refractivity contribution in [3.05, 3.63) is 95.0 Å². The lowest BCUT2D eigenvalue weighted by molar-refractivity contribution is -0.123. The molecule has 1 amide bonds. The Balaban J connectivity index is 1.50. The van der Waals surface area contributed by atoms with Gasteiger partial charge in [-0.25, -0.2) is 13.1 Å². The summed E-state index contributed by atoms with van der Waals surface area (Å²) in [5, 5.41) is 3.47. The Hall–Kier alpha value is -2.87. The van der Waals surface area contributed by atoms with E-state index in [4.69, 9.17) is 16.3 Å². The van der Waals surface area contributed by atoms with Gasteiger partial charge in [-0.15, -0.1) is 0 Å². The molecule has 0 saturated carbocycles. The number of carbonyl (C=O) groups excluding carboxylic acids is 1. The third-order valence-corrected chi connectivity index (χ3v) is 6.23. The van der Waals surface area contributed by atoms with Gasteiger partial charge in [-0.2, -0.15) is 0 Å². The van der Waals surface area contributed by atoms with Gasteiger partial charge in [0.15, 0.2) is 6.61 Å². The molecule has 3 rings (SSSR count). The van der Waals surface area contributed by atoms with E-state index in [0.717, 1.165) is 11.1 Å². The molecule has 0 aliphatic rings. The van der Waals surface area contributed by atoms with E-state index in [1.807, 2.05) is 49.4 Å². The molecule has 31 heavy (non-hydrogen) atoms. The van der Waals surface area contributed by atoms with Crippen LogP contribution in [-0.4, -0.2) is 20.9 Å². The van der Waals surface area contributed by atoms with Gasteiger partial charge in [0, 0.05) is 11.6 Å². The van der Waals surface area contributed by atoms with Crippen LogP contribution in [0.4, 0.5) is 0 Å². The molecule has 0 aromatic heterocycles. The predicted molar refractivity (Wildman–Crippen MR) is 120 cm³/mol. The Morgan fingerprint density at radius 1 is 0.968 bits per heavy atom. The summed E-state index contributed by atoms with van der Waals surface area (Å²) in [7, 11) is -3.65. The fourth-order valence-corrected chi connectivity index (χ4v) is 3.98. The normalized spacial score (nSPS) is 12.2. The quantitative estimate of drug-likeness (QED) is 0.506. The first-order chi connectivity index (χ1) is 14.8. The van der Waals surface area contributed by atoms with Gasteiger partial charge in [0.1, 0.15) is 5.75 Å². The lowest BCUT2D eigenvalue weighted by Crippen LogP contribution is -2.31. The van der Waals surface area contributed by atoms with Crippen molar-refractivity contribution in [2.45, 2.75) is 24.4 Å². The summed E-state index contributed by atoms with van der Waals surface area (Å²) < 4.78 is 32.9. The molecular formula is C23H23ClN2O4S. The Kier molecular flexibility index (Phi) is 7.68. The smallest absolute Gasteiger partial charge is 0.258 e. The topological polar surface area (TPSA) is 84.5 Å². The highest BCUT2D eigenvalue weighted by Crippen LogP contribution is 2.18. The lowest BCUT2D eigenvalue weighted by atomic mass is 10.1. The molecule has 3 aromatic carbocycles. The van der Waals surface area contributed by atoms with Crippen LogP contribution in [-0.2, 0) is 21.4 Å². The summed E-state index contributed by atoms with van der Waals surface area (Å²) in [5.41, 5.74) is 1.79. The minimum atomic E-state index is -3.65. The molecule has 0 aliphatic heterocycles. The van der Waals surface area contributed by atoms with Crippen LogP contribution in [0, 0.1) is 0 Å².